The molecule has 1 heterocycles. The van der Waals surface area contributed by atoms with Crippen LogP contribution in [0.25, 0.3) is 0 Å². The number of hydrogen-bond donors (Lipinski definition) is 1. The summed E-state index contributed by atoms with van der Waals surface area (Å²) in [6.45, 7) is 2.39. The van der Waals surface area contributed by atoms with Gasteiger partial charge in [-0.15, -0.1) is 0 Å². The summed E-state index contributed by atoms with van der Waals surface area (Å²) in [4.78, 5) is 0. The Kier molecular flexibility index (Phi) is 5.01. The molecule has 16 heavy (non-hydrogen) atoms. The van der Waals surface area contributed by atoms with Gasteiger partial charge >= 0.3 is 0 Å². The van der Waals surface area contributed by atoms with Crippen molar-refractivity contribution in [1.29, 1.82) is 0 Å². The lowest BCUT2D eigenvalue weighted by atomic mass is 10.2. The van der Waals surface area contributed by atoms with Crippen LogP contribution >= 0.6 is 23.4 Å². The lowest BCUT2D eigenvalue weighted by Crippen LogP contribution is -2.31. The van der Waals surface area contributed by atoms with Gasteiger partial charge in [0, 0.05) is 16.8 Å². The molecule has 1 unspecified atom stereocenters. The Balaban J connectivity index is 1.69. The van der Waals surface area contributed by atoms with Crippen molar-refractivity contribution in [2.45, 2.75) is 24.5 Å². The van der Waals surface area contributed by atoms with E-state index in [1.54, 1.807) is 0 Å². The SMILES string of the molecule is Clc1ccc(CCSC2CCCNC2)cc1. The van der Waals surface area contributed by atoms with Crippen molar-refractivity contribution >= 4 is 23.4 Å². The summed E-state index contributed by atoms with van der Waals surface area (Å²) in [5.41, 5.74) is 1.39. The van der Waals surface area contributed by atoms with Gasteiger partial charge in [-0.2, -0.15) is 11.8 Å². The van der Waals surface area contributed by atoms with Crippen molar-refractivity contribution in [2.24, 2.45) is 0 Å². The number of benzene rings is 1. The second kappa shape index (κ2) is 6.53. The second-order valence-electron chi connectivity index (χ2n) is 4.22. The largest absolute Gasteiger partial charge is 0.316 e. The highest BCUT2D eigenvalue weighted by atomic mass is 35.5. The van der Waals surface area contributed by atoms with Gasteiger partial charge in [-0.05, 0) is 49.3 Å². The molecule has 1 atom stereocenters. The molecule has 0 radical (unpaired) electrons. The Bertz CT molecular complexity index is 306. The van der Waals surface area contributed by atoms with Crippen molar-refractivity contribution in [3.8, 4) is 0 Å². The molecule has 1 nitrogen and oxygen atoms in total. The minimum absolute atomic E-state index is 0.820. The molecule has 1 aliphatic heterocycles. The molecule has 3 heteroatoms. The molecule has 2 rings (SSSR count). The average molecular weight is 256 g/mol. The van der Waals surface area contributed by atoms with Crippen molar-refractivity contribution in [1.82, 2.24) is 5.32 Å². The number of thioether (sulfide) groups is 1. The van der Waals surface area contributed by atoms with Crippen LogP contribution in [0, 0.1) is 0 Å². The summed E-state index contributed by atoms with van der Waals surface area (Å²) in [5, 5.41) is 5.10. The van der Waals surface area contributed by atoms with Crippen LogP contribution in [0.15, 0.2) is 24.3 Å². The van der Waals surface area contributed by atoms with Gasteiger partial charge in [-0.1, -0.05) is 23.7 Å². The molecule has 1 aromatic rings. The fourth-order valence-electron chi connectivity index (χ4n) is 1.96. The van der Waals surface area contributed by atoms with Gasteiger partial charge in [0.05, 0.1) is 0 Å². The lowest BCUT2D eigenvalue weighted by molar-refractivity contribution is 0.531. The zero-order valence-electron chi connectivity index (χ0n) is 9.42. The van der Waals surface area contributed by atoms with Crippen LogP contribution in [0.4, 0.5) is 0 Å². The Hall–Kier alpha value is -0.180. The van der Waals surface area contributed by atoms with Crippen LogP contribution in [0.2, 0.25) is 5.02 Å². The van der Waals surface area contributed by atoms with Crippen molar-refractivity contribution in [3.63, 3.8) is 0 Å². The molecular weight excluding hydrogens is 238 g/mol. The van der Waals surface area contributed by atoms with Crippen LogP contribution < -0.4 is 5.32 Å². The third-order valence-corrected chi connectivity index (χ3v) is 4.47. The maximum atomic E-state index is 5.85. The lowest BCUT2D eigenvalue weighted by Gasteiger charge is -2.22. The van der Waals surface area contributed by atoms with Crippen molar-refractivity contribution in [3.05, 3.63) is 34.9 Å². The van der Waals surface area contributed by atoms with Crippen LogP contribution in [0.3, 0.4) is 0 Å². The average Bonchev–Trinajstić information content (AvgIpc) is 2.33. The fourth-order valence-corrected chi connectivity index (χ4v) is 3.34. The van der Waals surface area contributed by atoms with Crippen LogP contribution in [0.1, 0.15) is 18.4 Å². The molecule has 1 aliphatic rings. The standard InChI is InChI=1S/C13H18ClNS/c14-12-5-3-11(4-6-12)7-9-16-13-2-1-8-15-10-13/h3-6,13,15H,1-2,7-10H2. The number of nitrogens with one attached hydrogen (secondary N) is 1. The van der Waals surface area contributed by atoms with E-state index in [4.69, 9.17) is 11.6 Å². The molecule has 88 valence electrons. The third-order valence-electron chi connectivity index (χ3n) is 2.91. The molecule has 1 saturated heterocycles. The predicted octanol–water partition coefficient (Wildman–Crippen LogP) is 3.37. The topological polar surface area (TPSA) is 12.0 Å². The van der Waals surface area contributed by atoms with E-state index in [-0.39, 0.29) is 0 Å². The fraction of sp³-hybridized carbons (Fsp3) is 0.538. The zero-order chi connectivity index (χ0) is 11.2. The summed E-state index contributed by atoms with van der Waals surface area (Å²) >= 11 is 7.95. The molecule has 0 aromatic heterocycles. The highest BCUT2D eigenvalue weighted by Gasteiger charge is 2.12. The Morgan fingerprint density at radius 3 is 2.81 bits per heavy atom. The van der Waals surface area contributed by atoms with Gasteiger partial charge in [0.2, 0.25) is 0 Å². The summed E-state index contributed by atoms with van der Waals surface area (Å²) in [6.07, 6.45) is 3.86. The number of rotatable bonds is 4. The maximum absolute atomic E-state index is 5.85. The third kappa shape index (κ3) is 4.00. The van der Waals surface area contributed by atoms with Crippen LogP contribution in [-0.4, -0.2) is 24.1 Å². The normalized spacial score (nSPS) is 20.9. The first-order valence-corrected chi connectivity index (χ1v) is 7.34. The van der Waals surface area contributed by atoms with Gasteiger partial charge < -0.3 is 5.32 Å². The van der Waals surface area contributed by atoms with E-state index >= 15 is 0 Å². The van der Waals surface area contributed by atoms with Gasteiger partial charge in [-0.3, -0.25) is 0 Å². The van der Waals surface area contributed by atoms with E-state index in [1.807, 2.05) is 12.1 Å². The van der Waals surface area contributed by atoms with E-state index in [0.717, 1.165) is 16.7 Å². The molecule has 1 N–H and O–H groups in total. The Labute approximate surface area is 107 Å². The van der Waals surface area contributed by atoms with Gasteiger partial charge in [0.1, 0.15) is 0 Å². The highest BCUT2D eigenvalue weighted by Crippen LogP contribution is 2.20. The molecule has 1 fully saturated rings. The van der Waals surface area contributed by atoms with E-state index in [1.165, 1.54) is 37.2 Å². The molecule has 0 bridgehead atoms. The Morgan fingerprint density at radius 2 is 2.12 bits per heavy atom. The summed E-state index contributed by atoms with van der Waals surface area (Å²) in [6, 6.07) is 8.21. The van der Waals surface area contributed by atoms with Gasteiger partial charge in [0.25, 0.3) is 0 Å². The Morgan fingerprint density at radius 1 is 1.31 bits per heavy atom. The number of halogens is 1. The first-order chi connectivity index (χ1) is 7.84. The van der Waals surface area contributed by atoms with Crippen LogP contribution in [0.5, 0.6) is 0 Å². The molecule has 0 amide bonds. The maximum Gasteiger partial charge on any atom is 0.0406 e. The minimum atomic E-state index is 0.820. The van der Waals surface area contributed by atoms with E-state index in [9.17, 15) is 0 Å². The summed E-state index contributed by atoms with van der Waals surface area (Å²) in [5.74, 6) is 1.22. The number of piperidine rings is 1. The summed E-state index contributed by atoms with van der Waals surface area (Å²) < 4.78 is 0. The van der Waals surface area contributed by atoms with Gasteiger partial charge in [-0.25, -0.2) is 0 Å². The monoisotopic (exact) mass is 255 g/mol. The summed E-state index contributed by atoms with van der Waals surface area (Å²) in [7, 11) is 0. The minimum Gasteiger partial charge on any atom is -0.316 e. The number of aryl methyl sites for hydroxylation is 1. The van der Waals surface area contributed by atoms with Gasteiger partial charge in [0.15, 0.2) is 0 Å². The van der Waals surface area contributed by atoms with Crippen molar-refractivity contribution in [2.75, 3.05) is 18.8 Å². The zero-order valence-corrected chi connectivity index (χ0v) is 11.0. The smallest absolute Gasteiger partial charge is 0.0406 e. The number of hydrogen-bond acceptors (Lipinski definition) is 2. The predicted molar refractivity (Wildman–Crippen MR) is 73.5 cm³/mol. The molecular formula is C13H18ClNS. The van der Waals surface area contributed by atoms with Crippen molar-refractivity contribution < 1.29 is 0 Å². The molecule has 0 aliphatic carbocycles. The van der Waals surface area contributed by atoms with E-state index < -0.39 is 0 Å². The molecule has 1 aromatic carbocycles. The highest BCUT2D eigenvalue weighted by molar-refractivity contribution is 7.99. The first-order valence-electron chi connectivity index (χ1n) is 5.91. The van der Waals surface area contributed by atoms with E-state index in [0.29, 0.717) is 0 Å². The van der Waals surface area contributed by atoms with E-state index in [2.05, 4.69) is 29.2 Å². The van der Waals surface area contributed by atoms with Crippen LogP contribution in [-0.2, 0) is 6.42 Å². The quantitative estimate of drug-likeness (QED) is 0.886. The molecule has 0 spiro atoms. The molecule has 0 saturated carbocycles. The first kappa shape index (κ1) is 12.3. The second-order valence-corrected chi connectivity index (χ2v) is 6.06.